The van der Waals surface area contributed by atoms with Gasteiger partial charge in [0.2, 0.25) is 10.0 Å². The van der Waals surface area contributed by atoms with E-state index in [2.05, 4.69) is 9.62 Å². The second-order valence-corrected chi connectivity index (χ2v) is 7.40. The quantitative estimate of drug-likeness (QED) is 0.824. The topological polar surface area (TPSA) is 69.6 Å². The number of aliphatic hydroxyl groups is 1. The van der Waals surface area contributed by atoms with Crippen LogP contribution in [-0.2, 0) is 10.0 Å². The monoisotopic (exact) mass is 312 g/mol. The first-order valence-corrected chi connectivity index (χ1v) is 8.92. The molecule has 0 bridgehead atoms. The van der Waals surface area contributed by atoms with Gasteiger partial charge in [0.25, 0.3) is 0 Å². The lowest BCUT2D eigenvalue weighted by molar-refractivity contribution is 0.0727. The zero-order valence-corrected chi connectivity index (χ0v) is 13.2. The Morgan fingerprint density at radius 2 is 1.90 bits per heavy atom. The Morgan fingerprint density at radius 3 is 2.48 bits per heavy atom. The lowest BCUT2D eigenvalue weighted by Crippen LogP contribution is -2.41. The zero-order valence-electron chi connectivity index (χ0n) is 12.4. The van der Waals surface area contributed by atoms with E-state index in [-0.39, 0.29) is 6.10 Å². The van der Waals surface area contributed by atoms with Crippen molar-refractivity contribution in [3.8, 4) is 0 Å². The summed E-state index contributed by atoms with van der Waals surface area (Å²) in [6, 6.07) is 8.42. The van der Waals surface area contributed by atoms with Crippen LogP contribution in [0.3, 0.4) is 0 Å². The second-order valence-electron chi connectivity index (χ2n) is 5.63. The van der Waals surface area contributed by atoms with Gasteiger partial charge in [0.1, 0.15) is 0 Å². The number of benzene rings is 1. The van der Waals surface area contributed by atoms with E-state index in [1.807, 2.05) is 6.92 Å². The molecule has 0 spiro atoms. The van der Waals surface area contributed by atoms with Gasteiger partial charge in [-0.1, -0.05) is 18.2 Å². The number of sulfonamides is 1. The maximum Gasteiger partial charge on any atom is 0.240 e. The fraction of sp³-hybridized carbons (Fsp3) is 0.600. The predicted octanol–water partition coefficient (Wildman–Crippen LogP) is 1.06. The van der Waals surface area contributed by atoms with Crippen LogP contribution in [0.25, 0.3) is 0 Å². The summed E-state index contributed by atoms with van der Waals surface area (Å²) in [6.45, 7) is 4.80. The highest BCUT2D eigenvalue weighted by Gasteiger charge is 2.22. The molecule has 2 rings (SSSR count). The average Bonchev–Trinajstić information content (AvgIpc) is 2.48. The largest absolute Gasteiger partial charge is 0.393 e. The molecule has 1 aliphatic rings. The SMILES string of the molecule is CC(O)C1CCN(CCNS(=O)(=O)c2ccccc2)CC1. The van der Waals surface area contributed by atoms with Crippen LogP contribution in [0.2, 0.25) is 0 Å². The first-order chi connectivity index (χ1) is 9.99. The normalized spacial score (nSPS) is 19.5. The Balaban J connectivity index is 1.75. The molecule has 0 radical (unpaired) electrons. The van der Waals surface area contributed by atoms with Gasteiger partial charge in [-0.2, -0.15) is 0 Å². The molecular formula is C15H24N2O3S. The second kappa shape index (κ2) is 7.35. The molecule has 0 amide bonds. The molecule has 1 unspecified atom stereocenters. The van der Waals surface area contributed by atoms with E-state index in [4.69, 9.17) is 0 Å². The van der Waals surface area contributed by atoms with Crippen LogP contribution < -0.4 is 4.72 Å². The summed E-state index contributed by atoms with van der Waals surface area (Å²) >= 11 is 0. The van der Waals surface area contributed by atoms with Gasteiger partial charge in [-0.3, -0.25) is 0 Å². The molecule has 1 aromatic carbocycles. The molecule has 1 heterocycles. The minimum Gasteiger partial charge on any atom is -0.393 e. The molecular weight excluding hydrogens is 288 g/mol. The van der Waals surface area contributed by atoms with Crippen LogP contribution in [0.1, 0.15) is 19.8 Å². The smallest absolute Gasteiger partial charge is 0.240 e. The standard InChI is InChI=1S/C15H24N2O3S/c1-13(18)14-7-10-17(11-8-14)12-9-16-21(19,20)15-5-3-2-4-6-15/h2-6,13-14,16,18H,7-12H2,1H3. The number of likely N-dealkylation sites (tertiary alicyclic amines) is 1. The predicted molar refractivity (Wildman–Crippen MR) is 82.5 cm³/mol. The lowest BCUT2D eigenvalue weighted by atomic mass is 9.92. The molecule has 0 aromatic heterocycles. The van der Waals surface area contributed by atoms with Crippen LogP contribution in [0, 0.1) is 5.92 Å². The number of aliphatic hydroxyl groups excluding tert-OH is 1. The van der Waals surface area contributed by atoms with E-state index in [0.29, 0.717) is 23.9 Å². The molecule has 0 aliphatic carbocycles. The van der Waals surface area contributed by atoms with Gasteiger partial charge in [-0.15, -0.1) is 0 Å². The fourth-order valence-electron chi connectivity index (χ4n) is 2.68. The van der Waals surface area contributed by atoms with Crippen molar-refractivity contribution in [2.45, 2.75) is 30.8 Å². The third kappa shape index (κ3) is 4.78. The summed E-state index contributed by atoms with van der Waals surface area (Å²) in [6.07, 6.45) is 1.70. The molecule has 1 saturated heterocycles. The van der Waals surface area contributed by atoms with Crippen molar-refractivity contribution in [3.05, 3.63) is 30.3 Å². The Bertz CT molecular complexity index is 523. The third-order valence-electron chi connectivity index (χ3n) is 4.09. The summed E-state index contributed by atoms with van der Waals surface area (Å²) < 4.78 is 26.7. The number of nitrogens with zero attached hydrogens (tertiary/aromatic N) is 1. The molecule has 1 fully saturated rings. The summed E-state index contributed by atoms with van der Waals surface area (Å²) in [5, 5.41) is 9.56. The van der Waals surface area contributed by atoms with Crippen molar-refractivity contribution in [2.24, 2.45) is 5.92 Å². The first-order valence-electron chi connectivity index (χ1n) is 7.44. The number of hydrogen-bond donors (Lipinski definition) is 2. The minimum absolute atomic E-state index is 0.247. The van der Waals surface area contributed by atoms with Crippen LogP contribution in [0.15, 0.2) is 35.2 Å². The zero-order chi connectivity index (χ0) is 15.3. The maximum absolute atomic E-state index is 12.1. The molecule has 1 aromatic rings. The van der Waals surface area contributed by atoms with Crippen LogP contribution in [0.5, 0.6) is 0 Å². The van der Waals surface area contributed by atoms with E-state index < -0.39 is 10.0 Å². The van der Waals surface area contributed by atoms with Gasteiger partial charge in [-0.25, -0.2) is 13.1 Å². The molecule has 1 aliphatic heterocycles. The van der Waals surface area contributed by atoms with Gasteiger partial charge < -0.3 is 10.0 Å². The number of nitrogens with one attached hydrogen (secondary N) is 1. The van der Waals surface area contributed by atoms with Crippen molar-refractivity contribution in [1.82, 2.24) is 9.62 Å². The van der Waals surface area contributed by atoms with Crippen LogP contribution >= 0.6 is 0 Å². The molecule has 118 valence electrons. The number of piperidine rings is 1. The molecule has 0 saturated carbocycles. The van der Waals surface area contributed by atoms with E-state index in [0.717, 1.165) is 25.9 Å². The van der Waals surface area contributed by atoms with Gasteiger partial charge >= 0.3 is 0 Å². The van der Waals surface area contributed by atoms with Gasteiger partial charge in [0, 0.05) is 13.1 Å². The Morgan fingerprint density at radius 1 is 1.29 bits per heavy atom. The van der Waals surface area contributed by atoms with E-state index in [1.165, 1.54) is 0 Å². The summed E-state index contributed by atoms with van der Waals surface area (Å²) in [5.74, 6) is 0.377. The number of rotatable bonds is 6. The van der Waals surface area contributed by atoms with Gasteiger partial charge in [0.15, 0.2) is 0 Å². The Labute approximate surface area is 127 Å². The highest BCUT2D eigenvalue weighted by molar-refractivity contribution is 7.89. The number of hydrogen-bond acceptors (Lipinski definition) is 4. The van der Waals surface area contributed by atoms with Crippen LogP contribution in [0.4, 0.5) is 0 Å². The van der Waals surface area contributed by atoms with Crippen molar-refractivity contribution in [1.29, 1.82) is 0 Å². The van der Waals surface area contributed by atoms with Crippen molar-refractivity contribution in [2.75, 3.05) is 26.2 Å². The van der Waals surface area contributed by atoms with E-state index in [9.17, 15) is 13.5 Å². The minimum atomic E-state index is -3.40. The summed E-state index contributed by atoms with van der Waals surface area (Å²) in [4.78, 5) is 2.55. The molecule has 5 nitrogen and oxygen atoms in total. The van der Waals surface area contributed by atoms with Crippen molar-refractivity contribution >= 4 is 10.0 Å². The lowest BCUT2D eigenvalue weighted by Gasteiger charge is -2.33. The maximum atomic E-state index is 12.1. The molecule has 2 N–H and O–H groups in total. The highest BCUT2D eigenvalue weighted by atomic mass is 32.2. The van der Waals surface area contributed by atoms with E-state index in [1.54, 1.807) is 30.3 Å². The van der Waals surface area contributed by atoms with Gasteiger partial charge in [-0.05, 0) is 50.9 Å². The summed E-state index contributed by atoms with van der Waals surface area (Å²) in [5.41, 5.74) is 0. The Kier molecular flexibility index (Phi) is 5.75. The average molecular weight is 312 g/mol. The first kappa shape index (κ1) is 16.4. The van der Waals surface area contributed by atoms with Crippen LogP contribution in [-0.4, -0.2) is 50.7 Å². The van der Waals surface area contributed by atoms with E-state index >= 15 is 0 Å². The van der Waals surface area contributed by atoms with Crippen molar-refractivity contribution < 1.29 is 13.5 Å². The van der Waals surface area contributed by atoms with Crippen molar-refractivity contribution in [3.63, 3.8) is 0 Å². The molecule has 21 heavy (non-hydrogen) atoms. The highest BCUT2D eigenvalue weighted by Crippen LogP contribution is 2.20. The fourth-order valence-corrected chi connectivity index (χ4v) is 3.72. The Hall–Kier alpha value is -0.950. The van der Waals surface area contributed by atoms with Gasteiger partial charge in [0.05, 0.1) is 11.0 Å². The summed E-state index contributed by atoms with van der Waals surface area (Å²) in [7, 11) is -3.40. The third-order valence-corrected chi connectivity index (χ3v) is 5.57. The molecule has 1 atom stereocenters. The molecule has 6 heteroatoms.